The maximum atomic E-state index is 14.2. The highest BCUT2D eigenvalue weighted by molar-refractivity contribution is 6.74. The molecule has 9 heteroatoms. The normalized spacial score (nSPS) is 15.6. The van der Waals surface area contributed by atoms with Gasteiger partial charge in [-0.3, -0.25) is 0 Å². The molecule has 0 heterocycles. The van der Waals surface area contributed by atoms with E-state index in [1.807, 2.05) is 31.2 Å². The van der Waals surface area contributed by atoms with E-state index < -0.39 is 26.5 Å². The molecule has 6 atom stereocenters. The maximum absolute atomic E-state index is 14.2. The molecule has 0 aliphatic heterocycles. The van der Waals surface area contributed by atoms with Crippen LogP contribution in [0.5, 0.6) is 17.2 Å². The van der Waals surface area contributed by atoms with Crippen molar-refractivity contribution in [1.29, 1.82) is 0 Å². The van der Waals surface area contributed by atoms with E-state index in [-0.39, 0.29) is 40.9 Å². The van der Waals surface area contributed by atoms with E-state index in [1.54, 1.807) is 38.5 Å². The Kier molecular flexibility index (Phi) is 18.4. The highest BCUT2D eigenvalue weighted by Gasteiger charge is 2.43. The standard InChI is InChI=1S/C43H66O8Si/c1-14-18-30(3)37(44)27-34-26-36(47-10)28-39(48-11)40(34)42(45)50-38(19-15-2)32(5)41(51-52(12,13)43(6,7)8)31(4)20-16-17-25-49-29-33-21-23-35(46-9)24-22-33/h14-17,21-24,26,28,30-32,37-38,41,44H,1-2,18-20,25,27,29H2,3-13H3/b17-16-/t30-,31+,32+,37+,38-,41?/m0/s1. The summed E-state index contributed by atoms with van der Waals surface area (Å²) in [7, 11) is 2.49. The van der Waals surface area contributed by atoms with Gasteiger partial charge in [0.15, 0.2) is 8.32 Å². The number of methoxy groups -OCH3 is 3. The number of rotatable bonds is 23. The van der Waals surface area contributed by atoms with Gasteiger partial charge in [0.25, 0.3) is 0 Å². The van der Waals surface area contributed by atoms with Gasteiger partial charge in [0.05, 0.1) is 46.8 Å². The summed E-state index contributed by atoms with van der Waals surface area (Å²) in [5, 5.41) is 11.0. The summed E-state index contributed by atoms with van der Waals surface area (Å²) in [6.45, 7) is 26.3. The van der Waals surface area contributed by atoms with Crippen LogP contribution in [0.1, 0.15) is 82.3 Å². The molecule has 8 nitrogen and oxygen atoms in total. The number of benzene rings is 2. The zero-order valence-electron chi connectivity index (χ0n) is 33.7. The molecule has 0 aliphatic carbocycles. The number of hydrogen-bond donors (Lipinski definition) is 1. The first-order valence-electron chi connectivity index (χ1n) is 18.4. The second-order valence-electron chi connectivity index (χ2n) is 15.4. The fourth-order valence-electron chi connectivity index (χ4n) is 5.84. The summed E-state index contributed by atoms with van der Waals surface area (Å²) in [5.41, 5.74) is 1.96. The van der Waals surface area contributed by atoms with Crippen LogP contribution in [0, 0.1) is 17.8 Å². The number of ether oxygens (including phenoxy) is 5. The highest BCUT2D eigenvalue weighted by atomic mass is 28.4. The highest BCUT2D eigenvalue weighted by Crippen LogP contribution is 2.41. The molecule has 0 amide bonds. The zero-order chi connectivity index (χ0) is 39.1. The van der Waals surface area contributed by atoms with Gasteiger partial charge in [0, 0.05) is 18.4 Å². The quantitative estimate of drug-likeness (QED) is 0.0522. The molecule has 0 radical (unpaired) electrons. The Labute approximate surface area is 315 Å². The molecule has 2 aromatic rings. The molecule has 0 aromatic heterocycles. The Morgan fingerprint density at radius 2 is 1.50 bits per heavy atom. The van der Waals surface area contributed by atoms with Crippen LogP contribution in [-0.4, -0.2) is 65.6 Å². The van der Waals surface area contributed by atoms with E-state index in [2.05, 4.69) is 73.0 Å². The number of aliphatic hydroxyl groups excluding tert-OH is 1. The van der Waals surface area contributed by atoms with E-state index in [0.717, 1.165) is 17.7 Å². The third-order valence-electron chi connectivity index (χ3n) is 10.3. The largest absolute Gasteiger partial charge is 0.497 e. The zero-order valence-corrected chi connectivity index (χ0v) is 34.7. The number of allylic oxidation sites excluding steroid dienone is 2. The predicted octanol–water partition coefficient (Wildman–Crippen LogP) is 9.76. The van der Waals surface area contributed by atoms with Gasteiger partial charge in [-0.2, -0.15) is 0 Å². The molecule has 0 aliphatic rings. The van der Waals surface area contributed by atoms with Crippen LogP contribution < -0.4 is 14.2 Å². The first-order chi connectivity index (χ1) is 24.5. The van der Waals surface area contributed by atoms with Crippen molar-refractivity contribution in [2.24, 2.45) is 17.8 Å². The lowest BCUT2D eigenvalue weighted by atomic mass is 9.86. The van der Waals surface area contributed by atoms with Crippen LogP contribution in [0.3, 0.4) is 0 Å². The van der Waals surface area contributed by atoms with Gasteiger partial charge in [0.1, 0.15) is 28.9 Å². The lowest BCUT2D eigenvalue weighted by molar-refractivity contribution is -0.0224. The Bertz CT molecular complexity index is 1430. The number of esters is 1. The molecule has 2 rings (SSSR count). The van der Waals surface area contributed by atoms with Crippen molar-refractivity contribution in [3.8, 4) is 17.2 Å². The van der Waals surface area contributed by atoms with Gasteiger partial charge < -0.3 is 33.2 Å². The topological polar surface area (TPSA) is 92.7 Å². The third-order valence-corrected chi connectivity index (χ3v) is 14.8. The third kappa shape index (κ3) is 13.2. The number of carbonyl (C=O) groups excluding carboxylic acids is 1. The molecule has 1 unspecified atom stereocenters. The fraction of sp³-hybridized carbons (Fsp3) is 0.558. The lowest BCUT2D eigenvalue weighted by Gasteiger charge is -2.44. The smallest absolute Gasteiger partial charge is 0.342 e. The molecule has 0 saturated heterocycles. The molecular formula is C43H66O8Si. The van der Waals surface area contributed by atoms with Crippen molar-refractivity contribution in [3.05, 3.63) is 90.6 Å². The monoisotopic (exact) mass is 738 g/mol. The molecule has 1 N–H and O–H groups in total. The summed E-state index contributed by atoms with van der Waals surface area (Å²) >= 11 is 0. The average molecular weight is 739 g/mol. The second-order valence-corrected chi connectivity index (χ2v) is 20.1. The van der Waals surface area contributed by atoms with Gasteiger partial charge in [-0.25, -0.2) is 4.79 Å². The summed E-state index contributed by atoms with van der Waals surface area (Å²) in [4.78, 5) is 14.2. The van der Waals surface area contributed by atoms with Crippen LogP contribution in [0.25, 0.3) is 0 Å². The fourth-order valence-corrected chi connectivity index (χ4v) is 7.32. The average Bonchev–Trinajstić information content (AvgIpc) is 3.10. The lowest BCUT2D eigenvalue weighted by Crippen LogP contribution is -2.49. The molecule has 0 bridgehead atoms. The minimum atomic E-state index is -2.23. The predicted molar refractivity (Wildman–Crippen MR) is 214 cm³/mol. The Hall–Kier alpha value is -3.37. The molecule has 0 spiro atoms. The number of carbonyl (C=O) groups is 1. The van der Waals surface area contributed by atoms with Crippen molar-refractivity contribution in [2.45, 2.75) is 110 Å². The van der Waals surface area contributed by atoms with Crippen LogP contribution >= 0.6 is 0 Å². The van der Waals surface area contributed by atoms with Crippen molar-refractivity contribution in [1.82, 2.24) is 0 Å². The van der Waals surface area contributed by atoms with Crippen LogP contribution in [0.4, 0.5) is 0 Å². The molecule has 0 fully saturated rings. The van der Waals surface area contributed by atoms with Crippen LogP contribution in [-0.2, 0) is 26.9 Å². The second kappa shape index (κ2) is 21.4. The maximum Gasteiger partial charge on any atom is 0.342 e. The van der Waals surface area contributed by atoms with E-state index >= 15 is 0 Å². The molecular weight excluding hydrogens is 673 g/mol. The number of hydrogen-bond acceptors (Lipinski definition) is 8. The van der Waals surface area contributed by atoms with Gasteiger partial charge in [-0.1, -0.05) is 78.0 Å². The van der Waals surface area contributed by atoms with E-state index in [0.29, 0.717) is 43.1 Å². The molecule has 0 saturated carbocycles. The first kappa shape index (κ1) is 44.8. The van der Waals surface area contributed by atoms with Crippen LogP contribution in [0.15, 0.2) is 73.9 Å². The molecule has 2 aromatic carbocycles. The Morgan fingerprint density at radius 3 is 2.06 bits per heavy atom. The molecule has 52 heavy (non-hydrogen) atoms. The van der Waals surface area contributed by atoms with Gasteiger partial charge in [-0.05, 0) is 78.6 Å². The van der Waals surface area contributed by atoms with Crippen molar-refractivity contribution in [2.75, 3.05) is 27.9 Å². The molecule has 290 valence electrons. The van der Waals surface area contributed by atoms with Crippen molar-refractivity contribution >= 4 is 14.3 Å². The Morgan fingerprint density at radius 1 is 0.865 bits per heavy atom. The van der Waals surface area contributed by atoms with E-state index in [9.17, 15) is 9.90 Å². The Balaban J connectivity index is 2.35. The van der Waals surface area contributed by atoms with Gasteiger partial charge in [-0.15, -0.1) is 13.2 Å². The van der Waals surface area contributed by atoms with Gasteiger partial charge in [0.2, 0.25) is 0 Å². The van der Waals surface area contributed by atoms with Crippen molar-refractivity contribution < 1.29 is 38.0 Å². The summed E-state index contributed by atoms with van der Waals surface area (Å²) in [6, 6.07) is 11.3. The van der Waals surface area contributed by atoms with E-state index in [4.69, 9.17) is 28.1 Å². The minimum absolute atomic E-state index is 0.0185. The van der Waals surface area contributed by atoms with Gasteiger partial charge >= 0.3 is 5.97 Å². The summed E-state index contributed by atoms with van der Waals surface area (Å²) in [5.74, 6) is 1.03. The number of aliphatic hydroxyl groups is 1. The summed E-state index contributed by atoms with van der Waals surface area (Å²) < 4.78 is 35.9. The van der Waals surface area contributed by atoms with E-state index in [1.165, 1.54) is 7.11 Å². The minimum Gasteiger partial charge on any atom is -0.497 e. The first-order valence-corrected chi connectivity index (χ1v) is 21.3. The SMILES string of the molecule is C=CC[C@H](OC(=O)c1c(C[C@@H](O)[C@@H](C)CC=C)cc(OC)cc1OC)[C@@H](C)C(O[Si](C)(C)C(C)(C)C)[C@H](C)C/C=C\COCc1ccc(OC)cc1. The van der Waals surface area contributed by atoms with Crippen LogP contribution in [0.2, 0.25) is 18.1 Å². The van der Waals surface area contributed by atoms with Crippen molar-refractivity contribution in [3.63, 3.8) is 0 Å². The summed E-state index contributed by atoms with van der Waals surface area (Å²) in [6.07, 6.45) is 8.40.